The van der Waals surface area contributed by atoms with Crippen LogP contribution in [-0.2, 0) is 32.3 Å². The minimum absolute atomic E-state index is 0.0426. The summed E-state index contributed by atoms with van der Waals surface area (Å²) in [6.07, 6.45) is -0.670. The highest BCUT2D eigenvalue weighted by molar-refractivity contribution is 7.13. The van der Waals surface area contributed by atoms with Crippen molar-refractivity contribution in [2.45, 2.75) is 72.4 Å². The second-order valence-corrected chi connectivity index (χ2v) is 11.2. The number of aryl methyl sites for hydroxylation is 1. The summed E-state index contributed by atoms with van der Waals surface area (Å²) in [5.74, 6) is -1.05. The highest BCUT2D eigenvalue weighted by Gasteiger charge is 2.44. The first-order chi connectivity index (χ1) is 16.9. The van der Waals surface area contributed by atoms with E-state index in [-0.39, 0.29) is 37.2 Å². The number of nitrogens with zero attached hydrogens (tertiary/aromatic N) is 2. The Morgan fingerprint density at radius 2 is 2.00 bits per heavy atom. The van der Waals surface area contributed by atoms with Crippen LogP contribution in [0.15, 0.2) is 23.7 Å². The van der Waals surface area contributed by atoms with Crippen LogP contribution in [0.2, 0.25) is 0 Å². The number of aliphatic hydroxyl groups excluding tert-OH is 1. The number of aliphatic hydroxyl groups is 1. The summed E-state index contributed by atoms with van der Waals surface area (Å²) in [5, 5.41) is 15.9. The van der Waals surface area contributed by atoms with Gasteiger partial charge in [-0.3, -0.25) is 14.4 Å². The van der Waals surface area contributed by atoms with Crippen molar-refractivity contribution in [2.24, 2.45) is 5.41 Å². The van der Waals surface area contributed by atoms with Crippen LogP contribution >= 0.6 is 11.3 Å². The number of nitrogens with one attached hydrogen (secondary N) is 2. The molecule has 196 valence electrons. The number of carbonyl (C=O) groups is 3. The molecular weight excluding hydrogens is 480 g/mol. The number of carbonyl (C=O) groups excluding carboxylic acids is 3. The standard InChI is InChI=1S/C26H36N4O5S/c1-15-22(36-14-28-15)17-7-8-18(19(9-17)13-35-6)11-27-24(33)21-10-20(32)12-30(21)25(34)23(26(3,4)5)29-16(2)31/h7-9,14,20-21,23,32H,10-13H2,1-6H3,(H,27,33)(H,29,31)/t20-,21+,23-/m1/s1. The summed E-state index contributed by atoms with van der Waals surface area (Å²) in [7, 11) is 1.62. The van der Waals surface area contributed by atoms with Crippen LogP contribution in [0.1, 0.15) is 50.9 Å². The molecule has 3 N–H and O–H groups in total. The van der Waals surface area contributed by atoms with Crippen molar-refractivity contribution < 1.29 is 24.2 Å². The lowest BCUT2D eigenvalue weighted by Gasteiger charge is -2.35. The monoisotopic (exact) mass is 516 g/mol. The van der Waals surface area contributed by atoms with E-state index in [1.165, 1.54) is 11.8 Å². The molecule has 1 fully saturated rings. The molecule has 0 unspecified atom stereocenters. The fraction of sp³-hybridized carbons (Fsp3) is 0.538. The molecule has 9 nitrogen and oxygen atoms in total. The van der Waals surface area contributed by atoms with Gasteiger partial charge in [-0.05, 0) is 35.1 Å². The summed E-state index contributed by atoms with van der Waals surface area (Å²) >= 11 is 1.57. The molecule has 2 aromatic rings. The number of amides is 3. The third-order valence-corrected chi connectivity index (χ3v) is 7.27. The number of hydrogen-bond donors (Lipinski definition) is 3. The average Bonchev–Trinajstić information content (AvgIpc) is 3.40. The Labute approximate surface area is 216 Å². The van der Waals surface area contributed by atoms with Gasteiger partial charge in [0.2, 0.25) is 17.7 Å². The van der Waals surface area contributed by atoms with E-state index in [4.69, 9.17) is 4.74 Å². The minimum atomic E-state index is -0.823. The highest BCUT2D eigenvalue weighted by Crippen LogP contribution is 2.30. The maximum absolute atomic E-state index is 13.4. The summed E-state index contributed by atoms with van der Waals surface area (Å²) in [4.78, 5) is 45.1. The fourth-order valence-electron chi connectivity index (χ4n) is 4.43. The number of hydrogen-bond acceptors (Lipinski definition) is 7. The van der Waals surface area contributed by atoms with E-state index >= 15 is 0 Å². The van der Waals surface area contributed by atoms with Crippen LogP contribution < -0.4 is 10.6 Å². The van der Waals surface area contributed by atoms with Gasteiger partial charge in [-0.2, -0.15) is 0 Å². The Bertz CT molecular complexity index is 1110. The van der Waals surface area contributed by atoms with E-state index in [1.54, 1.807) is 18.4 Å². The van der Waals surface area contributed by atoms with E-state index in [0.29, 0.717) is 6.61 Å². The third-order valence-electron chi connectivity index (χ3n) is 6.29. The van der Waals surface area contributed by atoms with E-state index in [2.05, 4.69) is 15.6 Å². The van der Waals surface area contributed by atoms with Gasteiger partial charge in [0.15, 0.2) is 0 Å². The van der Waals surface area contributed by atoms with Gasteiger partial charge in [0.05, 0.1) is 28.8 Å². The number of benzene rings is 1. The molecule has 1 aromatic heterocycles. The molecule has 0 saturated carbocycles. The zero-order chi connectivity index (χ0) is 26.6. The first kappa shape index (κ1) is 27.8. The van der Waals surface area contributed by atoms with Crippen LogP contribution in [0, 0.1) is 12.3 Å². The molecule has 2 heterocycles. The van der Waals surface area contributed by atoms with Gasteiger partial charge in [-0.25, -0.2) is 4.98 Å². The molecule has 1 aliphatic rings. The van der Waals surface area contributed by atoms with Crippen LogP contribution in [0.25, 0.3) is 10.4 Å². The minimum Gasteiger partial charge on any atom is -0.391 e. The third kappa shape index (κ3) is 6.48. The zero-order valence-corrected chi connectivity index (χ0v) is 22.6. The number of ether oxygens (including phenoxy) is 1. The number of thiazole rings is 1. The maximum Gasteiger partial charge on any atom is 0.246 e. The van der Waals surface area contributed by atoms with Crippen molar-refractivity contribution in [1.82, 2.24) is 20.5 Å². The molecule has 36 heavy (non-hydrogen) atoms. The Hall–Kier alpha value is -2.82. The Morgan fingerprint density at radius 3 is 2.58 bits per heavy atom. The van der Waals surface area contributed by atoms with Crippen LogP contribution in [0.3, 0.4) is 0 Å². The second kappa shape index (κ2) is 11.5. The van der Waals surface area contributed by atoms with Crippen molar-refractivity contribution >= 4 is 29.1 Å². The Kier molecular flexibility index (Phi) is 8.86. The summed E-state index contributed by atoms with van der Waals surface area (Å²) in [6.45, 7) is 9.55. The van der Waals surface area contributed by atoms with E-state index in [9.17, 15) is 19.5 Å². The molecule has 1 saturated heterocycles. The van der Waals surface area contributed by atoms with Gasteiger partial charge in [-0.1, -0.05) is 32.9 Å². The van der Waals surface area contributed by atoms with Crippen LogP contribution in [-0.4, -0.2) is 64.6 Å². The lowest BCUT2D eigenvalue weighted by atomic mass is 9.85. The number of β-amino-alcohol motifs (C(OH)–C–C–N with tert-alkyl or cyclic N) is 1. The normalized spacial score (nSPS) is 18.7. The molecule has 0 radical (unpaired) electrons. The van der Waals surface area contributed by atoms with E-state index in [1.807, 2.05) is 51.4 Å². The summed E-state index contributed by atoms with van der Waals surface area (Å²) in [6, 6.07) is 4.37. The Morgan fingerprint density at radius 1 is 1.28 bits per heavy atom. The SMILES string of the molecule is COCc1cc(-c2scnc2C)ccc1CNC(=O)[C@@H]1C[C@@H](O)CN1C(=O)[C@@H](NC(C)=O)C(C)(C)C. The molecule has 1 aliphatic heterocycles. The van der Waals surface area contributed by atoms with Gasteiger partial charge in [0.1, 0.15) is 12.1 Å². The van der Waals surface area contributed by atoms with Crippen molar-refractivity contribution in [3.63, 3.8) is 0 Å². The van der Waals surface area contributed by atoms with Crippen molar-refractivity contribution in [3.8, 4) is 10.4 Å². The molecule has 1 aromatic carbocycles. The van der Waals surface area contributed by atoms with Crippen molar-refractivity contribution in [1.29, 1.82) is 0 Å². The highest BCUT2D eigenvalue weighted by atomic mass is 32.1. The quantitative estimate of drug-likeness (QED) is 0.496. The molecule has 10 heteroatoms. The Balaban J connectivity index is 1.76. The number of aromatic nitrogens is 1. The molecular formula is C26H36N4O5S. The van der Waals surface area contributed by atoms with E-state index in [0.717, 1.165) is 27.3 Å². The smallest absolute Gasteiger partial charge is 0.246 e. The average molecular weight is 517 g/mol. The molecule has 3 rings (SSSR count). The topological polar surface area (TPSA) is 121 Å². The lowest BCUT2D eigenvalue weighted by molar-refractivity contribution is -0.143. The number of rotatable bonds is 8. The summed E-state index contributed by atoms with van der Waals surface area (Å²) in [5.41, 5.74) is 5.10. The molecule has 3 amide bonds. The van der Waals surface area contributed by atoms with E-state index < -0.39 is 23.6 Å². The van der Waals surface area contributed by atoms with Gasteiger partial charge in [-0.15, -0.1) is 11.3 Å². The molecule has 0 bridgehead atoms. The van der Waals surface area contributed by atoms with Gasteiger partial charge in [0.25, 0.3) is 0 Å². The van der Waals surface area contributed by atoms with Gasteiger partial charge >= 0.3 is 0 Å². The summed E-state index contributed by atoms with van der Waals surface area (Å²) < 4.78 is 5.38. The van der Waals surface area contributed by atoms with Crippen molar-refractivity contribution in [3.05, 3.63) is 40.5 Å². The van der Waals surface area contributed by atoms with Gasteiger partial charge in [0, 0.05) is 33.5 Å². The van der Waals surface area contributed by atoms with Crippen LogP contribution in [0.4, 0.5) is 0 Å². The maximum atomic E-state index is 13.4. The second-order valence-electron chi connectivity index (χ2n) is 10.3. The fourth-order valence-corrected chi connectivity index (χ4v) is 5.23. The lowest BCUT2D eigenvalue weighted by Crippen LogP contribution is -2.57. The first-order valence-electron chi connectivity index (χ1n) is 12.0. The zero-order valence-electron chi connectivity index (χ0n) is 21.8. The molecule has 0 spiro atoms. The van der Waals surface area contributed by atoms with Gasteiger partial charge < -0.3 is 25.4 Å². The largest absolute Gasteiger partial charge is 0.391 e. The predicted molar refractivity (Wildman–Crippen MR) is 138 cm³/mol. The number of methoxy groups -OCH3 is 1. The molecule has 3 atom stereocenters. The number of likely N-dealkylation sites (tertiary alicyclic amines) is 1. The van der Waals surface area contributed by atoms with Crippen molar-refractivity contribution in [2.75, 3.05) is 13.7 Å². The molecule has 0 aliphatic carbocycles. The van der Waals surface area contributed by atoms with Crippen LogP contribution in [0.5, 0.6) is 0 Å². The predicted octanol–water partition coefficient (Wildman–Crippen LogP) is 2.39. The first-order valence-corrected chi connectivity index (χ1v) is 12.8.